The summed E-state index contributed by atoms with van der Waals surface area (Å²) in [6.07, 6.45) is 3.25. The number of hydrogen-bond donors (Lipinski definition) is 2. The van der Waals surface area contributed by atoms with Gasteiger partial charge in [0.1, 0.15) is 0 Å². The zero-order valence-corrected chi connectivity index (χ0v) is 15.6. The first kappa shape index (κ1) is 19.8. The Labute approximate surface area is 146 Å². The second kappa shape index (κ2) is 8.56. The molecule has 1 fully saturated rings. The molecule has 1 saturated heterocycles. The standard InChI is InChI=1S/C13H20BrN3O3S.ClH/c1-20-10-13(4-6-15-7-5-13)9-17-21(18,19)12-3-2-11(14)8-16-12;/h2-3,8,15,17H,4-7,9-10H2,1H3;1H. The van der Waals surface area contributed by atoms with Gasteiger partial charge < -0.3 is 10.1 Å². The molecule has 1 aliphatic rings. The molecule has 0 spiro atoms. The molecule has 2 rings (SSSR count). The quantitative estimate of drug-likeness (QED) is 0.738. The number of rotatable bonds is 6. The van der Waals surface area contributed by atoms with E-state index in [4.69, 9.17) is 4.74 Å². The Morgan fingerprint density at radius 3 is 2.64 bits per heavy atom. The molecule has 22 heavy (non-hydrogen) atoms. The van der Waals surface area contributed by atoms with Crippen LogP contribution in [0.15, 0.2) is 27.8 Å². The van der Waals surface area contributed by atoms with Crippen molar-refractivity contribution in [2.45, 2.75) is 17.9 Å². The van der Waals surface area contributed by atoms with E-state index in [2.05, 4.69) is 31.0 Å². The van der Waals surface area contributed by atoms with Crippen molar-refractivity contribution in [1.82, 2.24) is 15.0 Å². The van der Waals surface area contributed by atoms with Crippen LogP contribution in [0.1, 0.15) is 12.8 Å². The Morgan fingerprint density at radius 1 is 1.41 bits per heavy atom. The van der Waals surface area contributed by atoms with Crippen molar-refractivity contribution in [3.05, 3.63) is 22.8 Å². The van der Waals surface area contributed by atoms with Gasteiger partial charge in [-0.1, -0.05) is 0 Å². The number of aromatic nitrogens is 1. The molecule has 2 N–H and O–H groups in total. The third-order valence-electron chi connectivity index (χ3n) is 3.73. The molecule has 9 heteroatoms. The third kappa shape index (κ3) is 5.14. The van der Waals surface area contributed by atoms with Crippen LogP contribution in [0.2, 0.25) is 0 Å². The number of ether oxygens (including phenoxy) is 1. The molecular formula is C13H21BrClN3O3S. The van der Waals surface area contributed by atoms with Gasteiger partial charge in [0, 0.05) is 29.7 Å². The lowest BCUT2D eigenvalue weighted by Crippen LogP contribution is -2.47. The van der Waals surface area contributed by atoms with Crippen LogP contribution in [-0.4, -0.2) is 46.8 Å². The summed E-state index contributed by atoms with van der Waals surface area (Å²) < 4.78 is 33.3. The number of hydrogen-bond acceptors (Lipinski definition) is 5. The highest BCUT2D eigenvalue weighted by Gasteiger charge is 2.33. The lowest BCUT2D eigenvalue weighted by Gasteiger charge is -2.37. The molecule has 1 aliphatic heterocycles. The van der Waals surface area contributed by atoms with Crippen molar-refractivity contribution < 1.29 is 13.2 Å². The van der Waals surface area contributed by atoms with E-state index in [0.717, 1.165) is 30.4 Å². The van der Waals surface area contributed by atoms with Crippen LogP contribution in [0, 0.1) is 5.41 Å². The lowest BCUT2D eigenvalue weighted by atomic mass is 9.80. The van der Waals surface area contributed by atoms with Crippen LogP contribution in [0.25, 0.3) is 0 Å². The van der Waals surface area contributed by atoms with Crippen molar-refractivity contribution in [1.29, 1.82) is 0 Å². The molecule has 2 heterocycles. The fourth-order valence-electron chi connectivity index (χ4n) is 2.48. The van der Waals surface area contributed by atoms with E-state index >= 15 is 0 Å². The molecule has 0 amide bonds. The van der Waals surface area contributed by atoms with Crippen molar-refractivity contribution in [2.24, 2.45) is 5.41 Å². The second-order valence-electron chi connectivity index (χ2n) is 5.32. The van der Waals surface area contributed by atoms with E-state index in [9.17, 15) is 8.42 Å². The predicted molar refractivity (Wildman–Crippen MR) is 90.8 cm³/mol. The van der Waals surface area contributed by atoms with Crippen LogP contribution in [0.5, 0.6) is 0 Å². The highest BCUT2D eigenvalue weighted by atomic mass is 79.9. The molecule has 0 bridgehead atoms. The highest BCUT2D eigenvalue weighted by molar-refractivity contribution is 9.10. The molecule has 1 aromatic heterocycles. The van der Waals surface area contributed by atoms with Crippen LogP contribution >= 0.6 is 28.3 Å². The third-order valence-corrected chi connectivity index (χ3v) is 5.51. The lowest BCUT2D eigenvalue weighted by molar-refractivity contribution is 0.0577. The van der Waals surface area contributed by atoms with E-state index in [0.29, 0.717) is 13.2 Å². The summed E-state index contributed by atoms with van der Waals surface area (Å²) >= 11 is 3.24. The SMILES string of the molecule is COCC1(CNS(=O)(=O)c2ccc(Br)cn2)CCNCC1.Cl. The number of nitrogens with zero attached hydrogens (tertiary/aromatic N) is 1. The minimum atomic E-state index is -3.59. The number of halogens is 2. The van der Waals surface area contributed by atoms with E-state index < -0.39 is 10.0 Å². The molecule has 0 unspecified atom stereocenters. The summed E-state index contributed by atoms with van der Waals surface area (Å²) in [7, 11) is -1.94. The maximum absolute atomic E-state index is 12.3. The number of nitrogens with one attached hydrogen (secondary N) is 2. The van der Waals surface area contributed by atoms with Crippen molar-refractivity contribution >= 4 is 38.4 Å². The second-order valence-corrected chi connectivity index (χ2v) is 7.95. The van der Waals surface area contributed by atoms with Gasteiger partial charge in [0.05, 0.1) is 6.61 Å². The summed E-state index contributed by atoms with van der Waals surface area (Å²) in [5.41, 5.74) is -0.150. The largest absolute Gasteiger partial charge is 0.384 e. The van der Waals surface area contributed by atoms with Gasteiger partial charge in [-0.15, -0.1) is 12.4 Å². The highest BCUT2D eigenvalue weighted by Crippen LogP contribution is 2.28. The van der Waals surface area contributed by atoms with Gasteiger partial charge >= 0.3 is 0 Å². The van der Waals surface area contributed by atoms with E-state index in [1.165, 1.54) is 12.3 Å². The van der Waals surface area contributed by atoms with E-state index in [1.807, 2.05) is 0 Å². The zero-order valence-electron chi connectivity index (χ0n) is 12.3. The molecule has 0 aromatic carbocycles. The Morgan fingerprint density at radius 2 is 2.09 bits per heavy atom. The van der Waals surface area contributed by atoms with Crippen LogP contribution in [-0.2, 0) is 14.8 Å². The average Bonchev–Trinajstić information content (AvgIpc) is 2.47. The minimum Gasteiger partial charge on any atom is -0.384 e. The normalized spacial score (nSPS) is 17.7. The van der Waals surface area contributed by atoms with Gasteiger partial charge in [-0.25, -0.2) is 18.1 Å². The summed E-state index contributed by atoms with van der Waals surface area (Å²) in [6.45, 7) is 2.66. The maximum atomic E-state index is 12.3. The molecule has 0 atom stereocenters. The maximum Gasteiger partial charge on any atom is 0.258 e. The van der Waals surface area contributed by atoms with Crippen LogP contribution in [0.3, 0.4) is 0 Å². The van der Waals surface area contributed by atoms with E-state index in [-0.39, 0.29) is 22.8 Å². The smallest absolute Gasteiger partial charge is 0.258 e. The van der Waals surface area contributed by atoms with Crippen molar-refractivity contribution in [3.63, 3.8) is 0 Å². The van der Waals surface area contributed by atoms with Gasteiger partial charge in [-0.3, -0.25) is 0 Å². The fraction of sp³-hybridized carbons (Fsp3) is 0.615. The molecule has 0 radical (unpaired) electrons. The van der Waals surface area contributed by atoms with Crippen molar-refractivity contribution in [3.8, 4) is 0 Å². The Hall–Kier alpha value is -0.250. The minimum absolute atomic E-state index is 0. The Bertz CT molecular complexity index is 557. The molecule has 6 nitrogen and oxygen atoms in total. The number of piperidine rings is 1. The summed E-state index contributed by atoms with van der Waals surface area (Å²) in [4.78, 5) is 3.94. The number of pyridine rings is 1. The van der Waals surface area contributed by atoms with Crippen molar-refractivity contribution in [2.75, 3.05) is 33.4 Å². The topological polar surface area (TPSA) is 80.3 Å². The zero-order chi connectivity index (χ0) is 15.3. The Kier molecular flexibility index (Phi) is 7.70. The Balaban J connectivity index is 0.00000242. The monoisotopic (exact) mass is 413 g/mol. The summed E-state index contributed by atoms with van der Waals surface area (Å²) in [5.74, 6) is 0. The molecule has 0 saturated carbocycles. The van der Waals surface area contributed by atoms with E-state index in [1.54, 1.807) is 13.2 Å². The first-order valence-corrected chi connectivity index (χ1v) is 9.06. The van der Waals surface area contributed by atoms with Gasteiger partial charge in [0.25, 0.3) is 10.0 Å². The molecule has 1 aromatic rings. The molecule has 126 valence electrons. The predicted octanol–water partition coefficient (Wildman–Crippen LogP) is 1.56. The number of sulfonamides is 1. The van der Waals surface area contributed by atoms with Gasteiger partial charge in [-0.2, -0.15) is 0 Å². The fourth-order valence-corrected chi connectivity index (χ4v) is 3.80. The average molecular weight is 415 g/mol. The summed E-state index contributed by atoms with van der Waals surface area (Å²) in [6, 6.07) is 3.15. The molecular weight excluding hydrogens is 394 g/mol. The van der Waals surface area contributed by atoms with Crippen LogP contribution in [0.4, 0.5) is 0 Å². The van der Waals surface area contributed by atoms with Gasteiger partial charge in [0.15, 0.2) is 5.03 Å². The van der Waals surface area contributed by atoms with Gasteiger partial charge in [0.2, 0.25) is 0 Å². The number of methoxy groups -OCH3 is 1. The first-order valence-electron chi connectivity index (χ1n) is 6.78. The first-order chi connectivity index (χ1) is 9.97. The van der Waals surface area contributed by atoms with Crippen LogP contribution < -0.4 is 10.0 Å². The molecule has 0 aliphatic carbocycles. The summed E-state index contributed by atoms with van der Waals surface area (Å²) in [5, 5.41) is 3.32. The van der Waals surface area contributed by atoms with Gasteiger partial charge in [-0.05, 0) is 54.0 Å².